The average Bonchev–Trinajstić information content (AvgIpc) is 2.93. The van der Waals surface area contributed by atoms with E-state index in [4.69, 9.17) is 11.6 Å². The molecular weight excluding hydrogens is 382 g/mol. The molecule has 1 N–H and O–H groups in total. The van der Waals surface area contributed by atoms with Crippen molar-refractivity contribution in [1.29, 1.82) is 0 Å². The minimum atomic E-state index is -0.409. The van der Waals surface area contributed by atoms with E-state index < -0.39 is 5.25 Å². The second-order valence-electron chi connectivity index (χ2n) is 7.12. The lowest BCUT2D eigenvalue weighted by Gasteiger charge is -2.23. The highest BCUT2D eigenvalue weighted by Crippen LogP contribution is 2.32. The summed E-state index contributed by atoms with van der Waals surface area (Å²) < 4.78 is 0. The van der Waals surface area contributed by atoms with E-state index in [2.05, 4.69) is 10.3 Å². The van der Waals surface area contributed by atoms with Crippen LogP contribution in [0.15, 0.2) is 23.2 Å². The quantitative estimate of drug-likeness (QED) is 0.784. The van der Waals surface area contributed by atoms with Crippen molar-refractivity contribution in [2.24, 2.45) is 4.99 Å². The van der Waals surface area contributed by atoms with Crippen LogP contribution < -0.4 is 5.32 Å². The molecule has 1 heterocycles. The number of amidine groups is 1. The number of halogens is 1. The van der Waals surface area contributed by atoms with E-state index in [-0.39, 0.29) is 24.3 Å². The first-order chi connectivity index (χ1) is 13.0. The molecule has 1 aliphatic carbocycles. The van der Waals surface area contributed by atoms with Crippen molar-refractivity contribution < 1.29 is 9.59 Å². The molecule has 0 radical (unpaired) electrons. The van der Waals surface area contributed by atoms with Crippen molar-refractivity contribution in [2.45, 2.75) is 63.7 Å². The van der Waals surface area contributed by atoms with Crippen LogP contribution >= 0.6 is 23.4 Å². The first-order valence-corrected chi connectivity index (χ1v) is 10.9. The normalized spacial score (nSPS) is 22.5. The number of nitrogens with zero attached hydrogens (tertiary/aromatic N) is 2. The van der Waals surface area contributed by atoms with Crippen LogP contribution in [0.1, 0.15) is 51.0 Å². The molecule has 1 aromatic rings. The maximum atomic E-state index is 12.7. The Hall–Kier alpha value is -1.53. The third-order valence-electron chi connectivity index (χ3n) is 5.06. The van der Waals surface area contributed by atoms with E-state index in [0.29, 0.717) is 22.4 Å². The number of hydrogen-bond acceptors (Lipinski definition) is 4. The molecule has 2 fully saturated rings. The molecule has 2 aliphatic rings. The third kappa shape index (κ3) is 5.05. The summed E-state index contributed by atoms with van der Waals surface area (Å²) in [6.07, 6.45) is 5.87. The number of aliphatic imine (C=N–C) groups is 1. The summed E-state index contributed by atoms with van der Waals surface area (Å²) in [5.41, 5.74) is 1.70. The fourth-order valence-electron chi connectivity index (χ4n) is 3.48. The summed E-state index contributed by atoms with van der Waals surface area (Å²) in [6.45, 7) is 4.39. The van der Waals surface area contributed by atoms with Crippen LogP contribution in [0.2, 0.25) is 5.02 Å². The number of nitrogens with one attached hydrogen (secondary N) is 1. The maximum Gasteiger partial charge on any atom is 0.242 e. The molecular formula is C20H26ClN3O2S. The van der Waals surface area contributed by atoms with E-state index >= 15 is 0 Å². The summed E-state index contributed by atoms with van der Waals surface area (Å²) in [7, 11) is 0. The van der Waals surface area contributed by atoms with E-state index in [9.17, 15) is 9.59 Å². The number of benzene rings is 1. The molecule has 1 aromatic carbocycles. The molecule has 7 heteroatoms. The summed E-state index contributed by atoms with van der Waals surface area (Å²) in [6, 6.07) is 5.86. The van der Waals surface area contributed by atoms with Gasteiger partial charge in [0.1, 0.15) is 5.25 Å². The smallest absolute Gasteiger partial charge is 0.242 e. The lowest BCUT2D eigenvalue weighted by atomic mass is 9.95. The van der Waals surface area contributed by atoms with Crippen molar-refractivity contribution in [2.75, 3.05) is 6.54 Å². The zero-order valence-corrected chi connectivity index (χ0v) is 17.4. The van der Waals surface area contributed by atoms with Crippen LogP contribution in [-0.2, 0) is 9.59 Å². The van der Waals surface area contributed by atoms with Gasteiger partial charge in [-0.1, -0.05) is 48.7 Å². The minimum absolute atomic E-state index is 0.0385. The van der Waals surface area contributed by atoms with Gasteiger partial charge in [-0.25, -0.2) is 4.99 Å². The highest BCUT2D eigenvalue weighted by atomic mass is 35.5. The maximum absolute atomic E-state index is 12.7. The molecule has 1 unspecified atom stereocenters. The fourth-order valence-corrected chi connectivity index (χ4v) is 4.88. The van der Waals surface area contributed by atoms with E-state index in [0.717, 1.165) is 18.4 Å². The molecule has 1 aliphatic heterocycles. The number of hydrogen-bond donors (Lipinski definition) is 1. The SMILES string of the molecule is CCN1C(=O)C(CC(=O)NC2CCCCC2)SC1=Nc1ccc(C)c(Cl)c1. The minimum Gasteiger partial charge on any atom is -0.353 e. The van der Waals surface area contributed by atoms with Gasteiger partial charge in [-0.2, -0.15) is 0 Å². The highest BCUT2D eigenvalue weighted by Gasteiger charge is 2.38. The molecule has 5 nitrogen and oxygen atoms in total. The summed E-state index contributed by atoms with van der Waals surface area (Å²) in [5.74, 6) is -0.0818. The molecule has 0 aromatic heterocycles. The molecule has 2 amide bonds. The highest BCUT2D eigenvalue weighted by molar-refractivity contribution is 8.15. The van der Waals surface area contributed by atoms with Crippen molar-refractivity contribution >= 4 is 46.0 Å². The Balaban J connectivity index is 1.67. The number of amides is 2. The number of aryl methyl sites for hydroxylation is 1. The van der Waals surface area contributed by atoms with Gasteiger partial charge in [0.05, 0.1) is 5.69 Å². The van der Waals surface area contributed by atoms with Crippen molar-refractivity contribution in [3.63, 3.8) is 0 Å². The van der Waals surface area contributed by atoms with E-state index in [1.165, 1.54) is 31.0 Å². The van der Waals surface area contributed by atoms with Gasteiger partial charge in [-0.05, 0) is 44.4 Å². The topological polar surface area (TPSA) is 61.8 Å². The zero-order valence-electron chi connectivity index (χ0n) is 15.8. The Kier molecular flexibility index (Phi) is 6.82. The standard InChI is InChI=1S/C20H26ClN3O2S/c1-3-24-19(26)17(12-18(25)22-14-7-5-4-6-8-14)27-20(24)23-15-10-9-13(2)16(21)11-15/h9-11,14,17H,3-8,12H2,1-2H3,(H,22,25). The second-order valence-corrected chi connectivity index (χ2v) is 8.70. The Morgan fingerprint density at radius 1 is 1.33 bits per heavy atom. The van der Waals surface area contributed by atoms with Crippen molar-refractivity contribution in [3.05, 3.63) is 28.8 Å². The molecule has 3 rings (SSSR count). The predicted molar refractivity (Wildman–Crippen MR) is 112 cm³/mol. The molecule has 1 saturated heterocycles. The van der Waals surface area contributed by atoms with Crippen LogP contribution in [0, 0.1) is 6.92 Å². The van der Waals surface area contributed by atoms with Crippen LogP contribution in [0.5, 0.6) is 0 Å². The van der Waals surface area contributed by atoms with E-state index in [1.807, 2.05) is 26.0 Å². The fraction of sp³-hybridized carbons (Fsp3) is 0.550. The van der Waals surface area contributed by atoms with Gasteiger partial charge in [0.15, 0.2) is 5.17 Å². The molecule has 0 bridgehead atoms. The molecule has 146 valence electrons. The molecule has 0 spiro atoms. The Morgan fingerprint density at radius 2 is 2.07 bits per heavy atom. The predicted octanol–water partition coefficient (Wildman–Crippen LogP) is 4.44. The number of carbonyl (C=O) groups is 2. The van der Waals surface area contributed by atoms with E-state index in [1.54, 1.807) is 11.0 Å². The number of rotatable bonds is 5. The third-order valence-corrected chi connectivity index (χ3v) is 6.64. The van der Waals surface area contributed by atoms with Gasteiger partial charge in [-0.15, -0.1) is 0 Å². The van der Waals surface area contributed by atoms with Crippen molar-refractivity contribution in [1.82, 2.24) is 10.2 Å². The Labute approximate surface area is 169 Å². The number of thioether (sulfide) groups is 1. The largest absolute Gasteiger partial charge is 0.353 e. The molecule has 27 heavy (non-hydrogen) atoms. The van der Waals surface area contributed by atoms with Crippen LogP contribution in [-0.4, -0.2) is 39.7 Å². The molecule has 1 saturated carbocycles. The van der Waals surface area contributed by atoms with Gasteiger partial charge in [-0.3, -0.25) is 14.5 Å². The van der Waals surface area contributed by atoms with Gasteiger partial charge < -0.3 is 5.32 Å². The summed E-state index contributed by atoms with van der Waals surface area (Å²) in [5, 5.41) is 3.98. The van der Waals surface area contributed by atoms with Gasteiger partial charge in [0, 0.05) is 24.0 Å². The lowest BCUT2D eigenvalue weighted by Crippen LogP contribution is -2.39. The first kappa shape index (κ1) is 20.2. The Bertz CT molecular complexity index is 747. The van der Waals surface area contributed by atoms with Crippen molar-refractivity contribution in [3.8, 4) is 0 Å². The second kappa shape index (κ2) is 9.11. The van der Waals surface area contributed by atoms with Gasteiger partial charge in [0.2, 0.25) is 11.8 Å². The first-order valence-electron chi connectivity index (χ1n) is 9.60. The van der Waals surface area contributed by atoms with Crippen LogP contribution in [0.25, 0.3) is 0 Å². The molecule has 1 atom stereocenters. The summed E-state index contributed by atoms with van der Waals surface area (Å²) in [4.78, 5) is 31.4. The van der Waals surface area contributed by atoms with Gasteiger partial charge >= 0.3 is 0 Å². The zero-order chi connectivity index (χ0) is 19.4. The summed E-state index contributed by atoms with van der Waals surface area (Å²) >= 11 is 7.55. The Morgan fingerprint density at radius 3 is 2.74 bits per heavy atom. The van der Waals surface area contributed by atoms with Crippen LogP contribution in [0.3, 0.4) is 0 Å². The lowest BCUT2D eigenvalue weighted by molar-refractivity contribution is -0.129. The monoisotopic (exact) mass is 407 g/mol. The number of carbonyl (C=O) groups excluding carboxylic acids is 2. The van der Waals surface area contributed by atoms with Crippen LogP contribution in [0.4, 0.5) is 5.69 Å². The van der Waals surface area contributed by atoms with Gasteiger partial charge in [0.25, 0.3) is 0 Å². The average molecular weight is 408 g/mol.